The number of rotatable bonds is 3. The molecule has 0 spiro atoms. The van der Waals surface area contributed by atoms with Crippen LogP contribution in [0.25, 0.3) is 0 Å². The molecule has 0 aromatic heterocycles. The van der Waals surface area contributed by atoms with Crippen LogP contribution < -0.4 is 5.43 Å². The van der Waals surface area contributed by atoms with Gasteiger partial charge in [0, 0.05) is 17.5 Å². The van der Waals surface area contributed by atoms with Gasteiger partial charge in [-0.15, -0.1) is 0 Å². The molecule has 0 saturated heterocycles. The number of carbonyl (C=O) groups excluding carboxylic acids is 1. The van der Waals surface area contributed by atoms with E-state index in [-0.39, 0.29) is 17.2 Å². The van der Waals surface area contributed by atoms with E-state index in [4.69, 9.17) is 0 Å². The van der Waals surface area contributed by atoms with Crippen molar-refractivity contribution in [1.82, 2.24) is 5.43 Å². The molecule has 0 aromatic carbocycles. The fraction of sp³-hybridized carbons (Fsp3) is 0.800. The Morgan fingerprint density at radius 2 is 2.23 bits per heavy atom. The smallest absolute Gasteiger partial charge is 0.243 e. The molecule has 2 aliphatic rings. The van der Waals surface area contributed by atoms with Crippen molar-refractivity contribution in [3.05, 3.63) is 0 Å². The van der Waals surface area contributed by atoms with E-state index in [1.54, 1.807) is 0 Å². The second-order valence-electron chi connectivity index (χ2n) is 4.71. The normalized spacial score (nSPS) is 34.6. The van der Waals surface area contributed by atoms with E-state index >= 15 is 0 Å². The molecule has 0 aliphatic heterocycles. The third-order valence-corrected chi connectivity index (χ3v) is 3.04. The molecule has 1 amide bonds. The monoisotopic (exact) mass is 180 g/mol. The van der Waals surface area contributed by atoms with Gasteiger partial charge in [0.2, 0.25) is 5.91 Å². The van der Waals surface area contributed by atoms with Crippen LogP contribution in [0.1, 0.15) is 33.1 Å². The molecule has 2 aliphatic carbocycles. The first-order valence-corrected chi connectivity index (χ1v) is 4.95. The lowest BCUT2D eigenvalue weighted by Crippen LogP contribution is -2.20. The Kier molecular flexibility index (Phi) is 1.90. The van der Waals surface area contributed by atoms with Gasteiger partial charge >= 0.3 is 0 Å². The highest BCUT2D eigenvalue weighted by Crippen LogP contribution is 2.42. The van der Waals surface area contributed by atoms with E-state index in [2.05, 4.69) is 24.4 Å². The van der Waals surface area contributed by atoms with Crippen molar-refractivity contribution in [3.63, 3.8) is 0 Å². The van der Waals surface area contributed by atoms with Gasteiger partial charge in [-0.2, -0.15) is 5.10 Å². The van der Waals surface area contributed by atoms with Gasteiger partial charge in [-0.1, -0.05) is 13.8 Å². The quantitative estimate of drug-likeness (QED) is 0.519. The Balaban J connectivity index is 1.73. The van der Waals surface area contributed by atoms with Crippen molar-refractivity contribution in [2.45, 2.75) is 33.1 Å². The molecule has 3 heteroatoms. The summed E-state index contributed by atoms with van der Waals surface area (Å²) >= 11 is 0. The van der Waals surface area contributed by atoms with Crippen LogP contribution in [0.2, 0.25) is 0 Å². The summed E-state index contributed by atoms with van der Waals surface area (Å²) in [5.74, 6) is 0.879. The minimum Gasteiger partial charge on any atom is -0.273 e. The van der Waals surface area contributed by atoms with E-state index in [1.807, 2.05) is 6.21 Å². The van der Waals surface area contributed by atoms with E-state index in [1.165, 1.54) is 12.8 Å². The van der Waals surface area contributed by atoms with E-state index < -0.39 is 0 Å². The van der Waals surface area contributed by atoms with Crippen molar-refractivity contribution in [2.24, 2.45) is 22.4 Å². The van der Waals surface area contributed by atoms with Gasteiger partial charge in [-0.05, 0) is 25.2 Å². The summed E-state index contributed by atoms with van der Waals surface area (Å²) < 4.78 is 0. The Labute approximate surface area is 78.6 Å². The van der Waals surface area contributed by atoms with Crippen LogP contribution >= 0.6 is 0 Å². The largest absolute Gasteiger partial charge is 0.273 e. The van der Waals surface area contributed by atoms with Gasteiger partial charge in [-0.25, -0.2) is 5.43 Å². The van der Waals surface area contributed by atoms with Crippen molar-refractivity contribution >= 4 is 12.1 Å². The summed E-state index contributed by atoms with van der Waals surface area (Å²) in [6, 6.07) is 0. The standard InChI is InChI=1S/C10H16N2O/c1-7-5-8(7)9(13)12-11-6-10(2)3-4-10/h6-8H,3-5H2,1-2H3,(H,12,13)/b11-6+. The number of carbonyl (C=O) groups is 1. The summed E-state index contributed by atoms with van der Waals surface area (Å²) in [4.78, 5) is 11.3. The van der Waals surface area contributed by atoms with Crippen molar-refractivity contribution < 1.29 is 4.79 Å². The summed E-state index contributed by atoms with van der Waals surface area (Å²) in [5, 5.41) is 3.98. The molecule has 0 heterocycles. The second-order valence-corrected chi connectivity index (χ2v) is 4.71. The van der Waals surface area contributed by atoms with Gasteiger partial charge in [0.25, 0.3) is 0 Å². The maximum atomic E-state index is 11.3. The van der Waals surface area contributed by atoms with Crippen molar-refractivity contribution in [3.8, 4) is 0 Å². The third-order valence-electron chi connectivity index (χ3n) is 3.04. The third kappa shape index (κ3) is 2.08. The lowest BCUT2D eigenvalue weighted by Gasteiger charge is -1.99. The van der Waals surface area contributed by atoms with Crippen molar-refractivity contribution in [1.29, 1.82) is 0 Å². The first kappa shape index (κ1) is 8.73. The molecule has 1 N–H and O–H groups in total. The SMILES string of the molecule is CC1CC1C(=O)N/N=C/C1(C)CC1. The van der Waals surface area contributed by atoms with E-state index in [9.17, 15) is 4.79 Å². The number of hydrazone groups is 1. The lowest BCUT2D eigenvalue weighted by atomic mass is 10.2. The molecule has 0 bridgehead atoms. The predicted octanol–water partition coefficient (Wildman–Crippen LogP) is 1.54. The highest BCUT2D eigenvalue weighted by atomic mass is 16.2. The van der Waals surface area contributed by atoms with Gasteiger partial charge in [-0.3, -0.25) is 4.79 Å². The number of nitrogens with zero attached hydrogens (tertiary/aromatic N) is 1. The molecule has 0 aromatic rings. The van der Waals surface area contributed by atoms with Crippen LogP contribution in [-0.4, -0.2) is 12.1 Å². The Morgan fingerprint density at radius 3 is 2.69 bits per heavy atom. The van der Waals surface area contributed by atoms with Crippen molar-refractivity contribution in [2.75, 3.05) is 0 Å². The lowest BCUT2D eigenvalue weighted by molar-refractivity contribution is -0.122. The molecule has 3 nitrogen and oxygen atoms in total. The average molecular weight is 180 g/mol. The molecule has 2 saturated carbocycles. The highest BCUT2D eigenvalue weighted by molar-refractivity contribution is 5.82. The molecular formula is C10H16N2O. The zero-order chi connectivity index (χ0) is 9.47. The molecule has 72 valence electrons. The number of hydrogen-bond donors (Lipinski definition) is 1. The Morgan fingerprint density at radius 1 is 1.62 bits per heavy atom. The molecule has 0 radical (unpaired) electrons. The predicted molar refractivity (Wildman–Crippen MR) is 51.2 cm³/mol. The number of hydrogen-bond acceptors (Lipinski definition) is 2. The van der Waals surface area contributed by atoms with Crippen LogP contribution in [0.5, 0.6) is 0 Å². The maximum Gasteiger partial charge on any atom is 0.243 e. The molecule has 2 unspecified atom stereocenters. The van der Waals surface area contributed by atoms with Crippen LogP contribution in [0, 0.1) is 17.3 Å². The number of amides is 1. The molecule has 2 rings (SSSR count). The highest BCUT2D eigenvalue weighted by Gasteiger charge is 2.39. The second kappa shape index (κ2) is 2.82. The fourth-order valence-electron chi connectivity index (χ4n) is 1.35. The summed E-state index contributed by atoms with van der Waals surface area (Å²) in [6.07, 6.45) is 5.30. The summed E-state index contributed by atoms with van der Waals surface area (Å²) in [7, 11) is 0. The Bertz CT molecular complexity index is 256. The van der Waals surface area contributed by atoms with Gasteiger partial charge in [0.05, 0.1) is 0 Å². The molecule has 2 atom stereocenters. The molecular weight excluding hydrogens is 164 g/mol. The average Bonchev–Trinajstić information content (AvgIpc) is 2.92. The fourth-order valence-corrected chi connectivity index (χ4v) is 1.35. The van der Waals surface area contributed by atoms with E-state index in [0.29, 0.717) is 5.92 Å². The maximum absolute atomic E-state index is 11.3. The first-order valence-electron chi connectivity index (χ1n) is 4.95. The first-order chi connectivity index (χ1) is 6.11. The van der Waals surface area contributed by atoms with Crippen LogP contribution in [0.4, 0.5) is 0 Å². The van der Waals surface area contributed by atoms with Crippen LogP contribution in [0.15, 0.2) is 5.10 Å². The van der Waals surface area contributed by atoms with Gasteiger partial charge in [0.15, 0.2) is 0 Å². The molecule has 2 fully saturated rings. The minimum absolute atomic E-state index is 0.0907. The Hall–Kier alpha value is -0.860. The topological polar surface area (TPSA) is 41.5 Å². The van der Waals surface area contributed by atoms with E-state index in [0.717, 1.165) is 6.42 Å². The van der Waals surface area contributed by atoms with Crippen LogP contribution in [-0.2, 0) is 4.79 Å². The van der Waals surface area contributed by atoms with Crippen LogP contribution in [0.3, 0.4) is 0 Å². The van der Waals surface area contributed by atoms with Gasteiger partial charge < -0.3 is 0 Å². The molecule has 13 heavy (non-hydrogen) atoms. The number of nitrogens with one attached hydrogen (secondary N) is 1. The van der Waals surface area contributed by atoms with Gasteiger partial charge in [0.1, 0.15) is 0 Å². The zero-order valence-corrected chi connectivity index (χ0v) is 8.21. The summed E-state index contributed by atoms with van der Waals surface area (Å²) in [5.41, 5.74) is 2.88. The zero-order valence-electron chi connectivity index (χ0n) is 8.21. The minimum atomic E-state index is 0.0907. The summed E-state index contributed by atoms with van der Waals surface area (Å²) in [6.45, 7) is 4.25.